The summed E-state index contributed by atoms with van der Waals surface area (Å²) in [6, 6.07) is 3.07. The van der Waals surface area contributed by atoms with Crippen molar-refractivity contribution in [3.05, 3.63) is 35.4 Å². The highest BCUT2D eigenvalue weighted by Crippen LogP contribution is 2.29. The summed E-state index contributed by atoms with van der Waals surface area (Å²) in [5.74, 6) is -1.20. The van der Waals surface area contributed by atoms with Gasteiger partial charge in [-0.2, -0.15) is 13.2 Å². The molecule has 0 amide bonds. The molecule has 0 aromatic heterocycles. The first-order valence-corrected chi connectivity index (χ1v) is 3.50. The number of hydrogen-bond acceptors (Lipinski definition) is 2. The minimum atomic E-state index is -4.51. The van der Waals surface area contributed by atoms with Crippen LogP contribution in [0.25, 0.3) is 0 Å². The minimum absolute atomic E-state index is 0.255. The average Bonchev–Trinajstić information content (AvgIpc) is 2.14. The Balaban J connectivity index is 2.85. The van der Waals surface area contributed by atoms with Crippen LogP contribution in [0.15, 0.2) is 24.3 Å². The van der Waals surface area contributed by atoms with E-state index in [1.807, 2.05) is 0 Å². The van der Waals surface area contributed by atoms with Crippen LogP contribution in [0.4, 0.5) is 13.2 Å². The van der Waals surface area contributed by atoms with Gasteiger partial charge in [-0.3, -0.25) is 0 Å². The molecule has 76 valence electrons. The van der Waals surface area contributed by atoms with Crippen LogP contribution in [-0.4, -0.2) is 13.0 Å². The monoisotopic (exact) mass is 207 g/mol. The van der Waals surface area contributed by atoms with E-state index in [0.717, 1.165) is 12.1 Å². The fourth-order valence-corrected chi connectivity index (χ4v) is 0.854. The number of esters is 1. The lowest BCUT2D eigenvalue weighted by Crippen LogP contribution is -2.06. The van der Waals surface area contributed by atoms with Crippen LogP contribution >= 0.6 is 0 Å². The van der Waals surface area contributed by atoms with Crippen molar-refractivity contribution in [1.29, 1.82) is 0 Å². The molecule has 0 spiro atoms. The zero-order valence-electron chi connectivity index (χ0n) is 9.76. The minimum Gasteiger partial charge on any atom is -0.465 e. The Kier molecular flexibility index (Phi) is 1.81. The van der Waals surface area contributed by atoms with Gasteiger partial charge in [0.1, 0.15) is 0 Å². The van der Waals surface area contributed by atoms with Crippen LogP contribution in [0.3, 0.4) is 0 Å². The zero-order valence-corrected chi connectivity index (χ0v) is 6.76. The van der Waals surface area contributed by atoms with Crippen molar-refractivity contribution in [2.75, 3.05) is 7.04 Å². The second kappa shape index (κ2) is 3.69. The average molecular weight is 207 g/mol. The van der Waals surface area contributed by atoms with E-state index in [9.17, 15) is 18.0 Å². The number of alkyl halides is 3. The Hall–Kier alpha value is -1.52. The molecule has 2 nitrogen and oxygen atoms in total. The Labute approximate surface area is 82.5 Å². The van der Waals surface area contributed by atoms with E-state index in [1.165, 1.54) is 0 Å². The zero-order chi connectivity index (χ0) is 13.3. The first-order valence-electron chi connectivity index (χ1n) is 5.00. The quantitative estimate of drug-likeness (QED) is 0.661. The van der Waals surface area contributed by atoms with Gasteiger partial charge in [-0.05, 0) is 24.3 Å². The third-order valence-electron chi connectivity index (χ3n) is 1.54. The van der Waals surface area contributed by atoms with Gasteiger partial charge in [-0.25, -0.2) is 4.79 Å². The molecular weight excluding hydrogens is 197 g/mol. The van der Waals surface area contributed by atoms with Crippen LogP contribution < -0.4 is 0 Å². The first-order chi connectivity index (χ1) is 7.59. The summed E-state index contributed by atoms with van der Waals surface area (Å²) in [5.41, 5.74) is -1.18. The van der Waals surface area contributed by atoms with Gasteiger partial charge in [-0.1, -0.05) is 0 Å². The van der Waals surface area contributed by atoms with Crippen molar-refractivity contribution in [2.24, 2.45) is 0 Å². The summed E-state index contributed by atoms with van der Waals surface area (Å²) >= 11 is 0. The Morgan fingerprint density at radius 2 is 1.93 bits per heavy atom. The van der Waals surface area contributed by atoms with Crippen molar-refractivity contribution in [1.82, 2.24) is 0 Å². The number of ether oxygens (including phenoxy) is 1. The van der Waals surface area contributed by atoms with Crippen LogP contribution in [0.1, 0.15) is 20.0 Å². The molecule has 14 heavy (non-hydrogen) atoms. The summed E-state index contributed by atoms with van der Waals surface area (Å²) in [6.07, 6.45) is -4.51. The highest BCUT2D eigenvalue weighted by Gasteiger charge is 2.30. The van der Waals surface area contributed by atoms with Crippen molar-refractivity contribution in [2.45, 2.75) is 6.18 Å². The maximum absolute atomic E-state index is 12.2. The van der Waals surface area contributed by atoms with E-state index in [0.29, 0.717) is 12.1 Å². The van der Waals surface area contributed by atoms with E-state index in [1.54, 1.807) is 0 Å². The molecule has 0 atom stereocenters. The number of carbonyl (C=O) groups excluding carboxylic acids is 1. The molecule has 0 N–H and O–H groups in total. The standard InChI is InChI=1S/C9H7F3O2/c1-14-8(13)6-2-4-7(5-3-6)9(10,11)12/h2-5H,1H3/i1D3. The third kappa shape index (κ3) is 2.25. The van der Waals surface area contributed by atoms with E-state index in [2.05, 4.69) is 4.74 Å². The summed E-state index contributed by atoms with van der Waals surface area (Å²) in [4.78, 5) is 11.2. The maximum atomic E-state index is 12.2. The molecule has 0 aliphatic rings. The van der Waals surface area contributed by atoms with Crippen molar-refractivity contribution in [3.8, 4) is 0 Å². The molecule has 0 bridgehead atoms. The second-order valence-electron chi connectivity index (χ2n) is 2.46. The molecule has 1 rings (SSSR count). The smallest absolute Gasteiger partial charge is 0.416 e. The van der Waals surface area contributed by atoms with E-state index >= 15 is 0 Å². The van der Waals surface area contributed by atoms with Gasteiger partial charge in [0, 0.05) is 0 Å². The molecular formula is C9H7F3O2. The van der Waals surface area contributed by atoms with E-state index in [4.69, 9.17) is 4.11 Å². The van der Waals surface area contributed by atoms with Crippen LogP contribution in [0.2, 0.25) is 0 Å². The number of halogens is 3. The lowest BCUT2D eigenvalue weighted by Gasteiger charge is -2.06. The number of hydrogen-bond donors (Lipinski definition) is 0. The first kappa shape index (κ1) is 6.86. The lowest BCUT2D eigenvalue weighted by molar-refractivity contribution is -0.137. The molecule has 0 aliphatic heterocycles. The van der Waals surface area contributed by atoms with E-state index in [-0.39, 0.29) is 5.56 Å². The SMILES string of the molecule is [2H]C([2H])([2H])OC(=O)c1ccc(C(F)(F)F)cc1. The summed E-state index contributed by atoms with van der Waals surface area (Å²) < 4.78 is 60.6. The topological polar surface area (TPSA) is 26.3 Å². The summed E-state index contributed by atoms with van der Waals surface area (Å²) in [7, 11) is -2.92. The molecule has 5 heteroatoms. The van der Waals surface area contributed by atoms with Gasteiger partial charge in [0.15, 0.2) is 0 Å². The molecule has 0 aliphatic carbocycles. The predicted octanol–water partition coefficient (Wildman–Crippen LogP) is 2.49. The van der Waals surface area contributed by atoms with Gasteiger partial charge in [0.25, 0.3) is 0 Å². The Bertz CT molecular complexity index is 409. The van der Waals surface area contributed by atoms with Gasteiger partial charge in [0.2, 0.25) is 0 Å². The molecule has 0 saturated heterocycles. The van der Waals surface area contributed by atoms with Gasteiger partial charge in [-0.15, -0.1) is 0 Å². The molecule has 0 fully saturated rings. The fourth-order valence-electron chi connectivity index (χ4n) is 0.854. The highest BCUT2D eigenvalue weighted by atomic mass is 19.4. The molecule has 0 heterocycles. The molecule has 1 aromatic carbocycles. The van der Waals surface area contributed by atoms with Crippen LogP contribution in [0, 0.1) is 0 Å². The van der Waals surface area contributed by atoms with Crippen LogP contribution in [-0.2, 0) is 10.9 Å². The number of methoxy groups -OCH3 is 1. The molecule has 0 unspecified atom stereocenters. The second-order valence-corrected chi connectivity index (χ2v) is 2.46. The summed E-state index contributed by atoms with van der Waals surface area (Å²) in [6.45, 7) is 0. The van der Waals surface area contributed by atoms with E-state index < -0.39 is 24.7 Å². The van der Waals surface area contributed by atoms with Crippen LogP contribution in [0.5, 0.6) is 0 Å². The lowest BCUT2D eigenvalue weighted by atomic mass is 10.1. The molecule has 0 saturated carbocycles. The maximum Gasteiger partial charge on any atom is 0.416 e. The number of carbonyl (C=O) groups is 1. The van der Waals surface area contributed by atoms with Crippen molar-refractivity contribution >= 4 is 5.97 Å². The van der Waals surface area contributed by atoms with Gasteiger partial charge >= 0.3 is 12.1 Å². The largest absolute Gasteiger partial charge is 0.465 e. The molecule has 1 aromatic rings. The number of rotatable bonds is 1. The van der Waals surface area contributed by atoms with Crippen molar-refractivity contribution < 1.29 is 26.8 Å². The summed E-state index contributed by atoms with van der Waals surface area (Å²) in [5, 5.41) is 0. The normalized spacial score (nSPS) is 15.2. The Morgan fingerprint density at radius 3 is 2.36 bits per heavy atom. The Morgan fingerprint density at radius 1 is 1.36 bits per heavy atom. The predicted molar refractivity (Wildman–Crippen MR) is 42.8 cm³/mol. The third-order valence-corrected chi connectivity index (χ3v) is 1.54. The molecule has 0 radical (unpaired) electrons. The van der Waals surface area contributed by atoms with Gasteiger partial charge < -0.3 is 4.74 Å². The number of benzene rings is 1. The highest BCUT2D eigenvalue weighted by molar-refractivity contribution is 5.89. The van der Waals surface area contributed by atoms with Crippen molar-refractivity contribution in [3.63, 3.8) is 0 Å². The van der Waals surface area contributed by atoms with Gasteiger partial charge in [0.05, 0.1) is 22.3 Å². The fraction of sp³-hybridized carbons (Fsp3) is 0.222.